The smallest absolute Gasteiger partial charge is 0.335 e. The minimum absolute atomic E-state index is 0.0383. The first kappa shape index (κ1) is 26.7. The van der Waals surface area contributed by atoms with Gasteiger partial charge < -0.3 is 19.1 Å². The van der Waals surface area contributed by atoms with E-state index in [1.165, 1.54) is 6.07 Å². The Morgan fingerprint density at radius 3 is 2.80 bits per heavy atom. The van der Waals surface area contributed by atoms with Crippen LogP contribution < -0.4 is 4.74 Å². The lowest BCUT2D eigenvalue weighted by molar-refractivity contribution is -0.0592. The lowest BCUT2D eigenvalue weighted by Gasteiger charge is -2.30. The number of halogens is 2. The number of aromatic carboxylic acids is 1. The molecule has 0 saturated carbocycles. The lowest BCUT2D eigenvalue weighted by Crippen LogP contribution is -2.34. The molecule has 0 amide bonds. The molecule has 40 heavy (non-hydrogen) atoms. The molecule has 0 bridgehead atoms. The van der Waals surface area contributed by atoms with Gasteiger partial charge in [-0.05, 0) is 60.7 Å². The second-order valence-electron chi connectivity index (χ2n) is 10.3. The minimum Gasteiger partial charge on any atom is -0.478 e. The van der Waals surface area contributed by atoms with Crippen molar-refractivity contribution >= 4 is 28.6 Å². The van der Waals surface area contributed by atoms with Gasteiger partial charge in [0.2, 0.25) is 5.88 Å². The number of aryl methyl sites for hydroxylation is 1. The molecule has 1 N–H and O–H groups in total. The fourth-order valence-corrected chi connectivity index (χ4v) is 5.47. The number of aromatic nitrogens is 3. The molecule has 0 aliphatic carbocycles. The van der Waals surface area contributed by atoms with Gasteiger partial charge in [0.05, 0.1) is 41.5 Å². The van der Waals surface area contributed by atoms with Crippen LogP contribution in [0.15, 0.2) is 42.5 Å². The number of nitrogens with zero attached hydrogens (tertiary/aromatic N) is 4. The standard InChI is InChI=1S/C30H30ClFN4O4/c1-2-18-3-4-21(24(32)11-18)17-40-29-23(31)12-19-7-9-35(15-26(19)34-29)16-28-33-25-6-5-20(30(37)38)13-27(25)36(28)14-22-8-10-39-22/h3-6,11-13,22H,2,7-10,14-17H2,1H3,(H,37,38)/t22-/m0/s1. The molecule has 0 radical (unpaired) electrons. The van der Waals surface area contributed by atoms with Crippen molar-refractivity contribution in [2.75, 3.05) is 13.2 Å². The van der Waals surface area contributed by atoms with E-state index in [-0.39, 0.29) is 30.0 Å². The third-order valence-electron chi connectivity index (χ3n) is 7.69. The van der Waals surface area contributed by atoms with Gasteiger partial charge >= 0.3 is 5.97 Å². The predicted octanol–water partition coefficient (Wildman–Crippen LogP) is 5.41. The van der Waals surface area contributed by atoms with Crippen LogP contribution in [0.2, 0.25) is 5.02 Å². The van der Waals surface area contributed by atoms with E-state index in [1.54, 1.807) is 24.3 Å². The zero-order valence-corrected chi connectivity index (χ0v) is 23.0. The van der Waals surface area contributed by atoms with Crippen LogP contribution in [0.4, 0.5) is 4.39 Å². The number of carbonyl (C=O) groups is 1. The Morgan fingerprint density at radius 2 is 2.08 bits per heavy atom. The molecule has 6 rings (SSSR count). The normalized spacial score (nSPS) is 17.0. The number of hydrogen-bond donors (Lipinski definition) is 1. The summed E-state index contributed by atoms with van der Waals surface area (Å²) >= 11 is 6.49. The average Bonchev–Trinajstić information content (AvgIpc) is 3.25. The van der Waals surface area contributed by atoms with E-state index in [4.69, 9.17) is 31.0 Å². The Morgan fingerprint density at radius 1 is 1.23 bits per heavy atom. The van der Waals surface area contributed by atoms with Gasteiger partial charge in [-0.1, -0.05) is 30.7 Å². The van der Waals surface area contributed by atoms with Gasteiger partial charge in [0.1, 0.15) is 23.3 Å². The summed E-state index contributed by atoms with van der Waals surface area (Å²) in [6, 6.07) is 12.1. The summed E-state index contributed by atoms with van der Waals surface area (Å²) in [6.07, 6.45) is 2.60. The van der Waals surface area contributed by atoms with E-state index < -0.39 is 5.97 Å². The van der Waals surface area contributed by atoms with Gasteiger partial charge in [0.25, 0.3) is 0 Å². The van der Waals surface area contributed by atoms with Crippen LogP contribution >= 0.6 is 11.6 Å². The maximum Gasteiger partial charge on any atom is 0.335 e. The molecular weight excluding hydrogens is 535 g/mol. The number of fused-ring (bicyclic) bond motifs is 2. The minimum atomic E-state index is -0.966. The second-order valence-corrected chi connectivity index (χ2v) is 10.7. The summed E-state index contributed by atoms with van der Waals surface area (Å²) in [5.41, 5.74) is 5.10. The zero-order valence-electron chi connectivity index (χ0n) is 22.2. The summed E-state index contributed by atoms with van der Waals surface area (Å²) in [4.78, 5) is 23.4. The first-order chi connectivity index (χ1) is 19.4. The SMILES string of the molecule is CCc1ccc(COc2nc3c(cc2Cl)CCN(Cc2nc4ccc(C(=O)O)cc4n2C[C@@H]2CCO2)C3)c(F)c1. The number of pyridine rings is 1. The van der Waals surface area contributed by atoms with Gasteiger partial charge in [0, 0.05) is 25.3 Å². The molecule has 2 aromatic carbocycles. The van der Waals surface area contributed by atoms with Crippen molar-refractivity contribution in [3.8, 4) is 5.88 Å². The monoisotopic (exact) mass is 564 g/mol. The van der Waals surface area contributed by atoms with Gasteiger partial charge in [-0.15, -0.1) is 0 Å². The summed E-state index contributed by atoms with van der Waals surface area (Å²) in [5, 5.41) is 9.92. The molecule has 4 heterocycles. The van der Waals surface area contributed by atoms with Crippen LogP contribution in [-0.4, -0.2) is 49.8 Å². The third kappa shape index (κ3) is 5.41. The van der Waals surface area contributed by atoms with Gasteiger partial charge in [0.15, 0.2) is 0 Å². The third-order valence-corrected chi connectivity index (χ3v) is 7.96. The van der Waals surface area contributed by atoms with Gasteiger partial charge in [-0.3, -0.25) is 4.90 Å². The average molecular weight is 565 g/mol. The van der Waals surface area contributed by atoms with Crippen LogP contribution in [0.5, 0.6) is 5.88 Å². The predicted molar refractivity (Wildman–Crippen MR) is 148 cm³/mol. The molecule has 8 nitrogen and oxygen atoms in total. The zero-order chi connectivity index (χ0) is 27.8. The molecule has 2 aliphatic rings. The maximum atomic E-state index is 14.5. The van der Waals surface area contributed by atoms with Crippen LogP contribution in [0, 0.1) is 5.82 Å². The molecule has 1 fully saturated rings. The lowest BCUT2D eigenvalue weighted by atomic mass is 10.1. The Balaban J connectivity index is 1.21. The Labute approximate surface area is 236 Å². The molecular formula is C30H30ClFN4O4. The summed E-state index contributed by atoms with van der Waals surface area (Å²) in [7, 11) is 0. The number of hydrogen-bond acceptors (Lipinski definition) is 6. The number of imidazole rings is 1. The van der Waals surface area contributed by atoms with Crippen molar-refractivity contribution in [1.29, 1.82) is 0 Å². The highest BCUT2D eigenvalue weighted by Gasteiger charge is 2.26. The van der Waals surface area contributed by atoms with Crippen molar-refractivity contribution in [3.63, 3.8) is 0 Å². The highest BCUT2D eigenvalue weighted by atomic mass is 35.5. The number of carboxylic acids is 1. The van der Waals surface area contributed by atoms with Gasteiger partial charge in [-0.2, -0.15) is 0 Å². The van der Waals surface area contributed by atoms with Crippen LogP contribution in [0.1, 0.15) is 51.9 Å². The van der Waals surface area contributed by atoms with Crippen molar-refractivity contribution in [1.82, 2.24) is 19.4 Å². The number of rotatable bonds is 9. The Bertz CT molecular complexity index is 1590. The Hall–Kier alpha value is -3.53. The summed E-state index contributed by atoms with van der Waals surface area (Å²) in [6.45, 7) is 5.33. The second kappa shape index (κ2) is 11.2. The molecule has 10 heteroatoms. The van der Waals surface area contributed by atoms with Crippen molar-refractivity contribution in [2.24, 2.45) is 0 Å². The van der Waals surface area contributed by atoms with Crippen LogP contribution in [0.3, 0.4) is 0 Å². The van der Waals surface area contributed by atoms with Crippen LogP contribution in [0.25, 0.3) is 11.0 Å². The highest BCUT2D eigenvalue weighted by molar-refractivity contribution is 6.31. The van der Waals surface area contributed by atoms with Crippen molar-refractivity contribution < 1.29 is 23.8 Å². The molecule has 4 aromatic rings. The highest BCUT2D eigenvalue weighted by Crippen LogP contribution is 2.30. The molecule has 208 valence electrons. The molecule has 2 aliphatic heterocycles. The van der Waals surface area contributed by atoms with Crippen molar-refractivity contribution in [2.45, 2.75) is 58.5 Å². The van der Waals surface area contributed by atoms with Crippen LogP contribution in [-0.2, 0) is 43.8 Å². The Kier molecular flexibility index (Phi) is 7.44. The van der Waals surface area contributed by atoms with E-state index in [0.29, 0.717) is 30.2 Å². The number of carboxylic acid groups (broad SMARTS) is 1. The van der Waals surface area contributed by atoms with E-state index >= 15 is 0 Å². The van der Waals surface area contributed by atoms with E-state index in [2.05, 4.69) is 9.47 Å². The summed E-state index contributed by atoms with van der Waals surface area (Å²) < 4.78 is 28.1. The summed E-state index contributed by atoms with van der Waals surface area (Å²) in [5.74, 6) is -0.123. The van der Waals surface area contributed by atoms with E-state index in [9.17, 15) is 14.3 Å². The fourth-order valence-electron chi connectivity index (χ4n) is 5.24. The maximum absolute atomic E-state index is 14.5. The van der Waals surface area contributed by atoms with Crippen molar-refractivity contribution in [3.05, 3.63) is 87.1 Å². The molecule has 1 atom stereocenters. The van der Waals surface area contributed by atoms with E-state index in [0.717, 1.165) is 66.1 Å². The fraction of sp³-hybridized carbons (Fsp3) is 0.367. The number of ether oxygens (including phenoxy) is 2. The quantitative estimate of drug-likeness (QED) is 0.291. The topological polar surface area (TPSA) is 89.7 Å². The molecule has 0 unspecified atom stereocenters. The first-order valence-corrected chi connectivity index (χ1v) is 13.9. The van der Waals surface area contributed by atoms with Gasteiger partial charge in [-0.25, -0.2) is 19.2 Å². The molecule has 0 spiro atoms. The molecule has 2 aromatic heterocycles. The number of benzene rings is 2. The molecule has 1 saturated heterocycles. The first-order valence-electron chi connectivity index (χ1n) is 13.5. The van der Waals surface area contributed by atoms with E-state index in [1.807, 2.05) is 19.1 Å². The largest absolute Gasteiger partial charge is 0.478 e.